The van der Waals surface area contributed by atoms with Crippen LogP contribution in [0.1, 0.15) is 30.7 Å². The molecule has 4 heteroatoms. The van der Waals surface area contributed by atoms with Gasteiger partial charge >= 0.3 is 5.97 Å². The number of hydrogen-bond donors (Lipinski definition) is 2. The van der Waals surface area contributed by atoms with E-state index in [2.05, 4.69) is 23.7 Å². The first-order valence-corrected chi connectivity index (χ1v) is 6.08. The SMILES string of the molecule is CCc1ccsc1CNC(CC)C(=O)O. The summed E-state index contributed by atoms with van der Waals surface area (Å²) in [6.07, 6.45) is 1.62. The molecule has 1 atom stereocenters. The quantitative estimate of drug-likeness (QED) is 0.783. The molecule has 0 aliphatic rings. The van der Waals surface area contributed by atoms with Gasteiger partial charge in [-0.15, -0.1) is 11.3 Å². The minimum absolute atomic E-state index is 0.434. The van der Waals surface area contributed by atoms with E-state index in [-0.39, 0.29) is 0 Å². The average Bonchev–Trinajstić information content (AvgIpc) is 2.65. The van der Waals surface area contributed by atoms with Crippen molar-refractivity contribution in [2.45, 2.75) is 39.3 Å². The van der Waals surface area contributed by atoms with Crippen molar-refractivity contribution >= 4 is 17.3 Å². The van der Waals surface area contributed by atoms with Crippen LogP contribution in [0, 0.1) is 0 Å². The van der Waals surface area contributed by atoms with Gasteiger partial charge in [-0.3, -0.25) is 10.1 Å². The van der Waals surface area contributed by atoms with Crippen molar-refractivity contribution in [2.24, 2.45) is 0 Å². The number of rotatable bonds is 6. The van der Waals surface area contributed by atoms with Crippen LogP contribution in [0.15, 0.2) is 11.4 Å². The van der Waals surface area contributed by atoms with Crippen LogP contribution in [0.2, 0.25) is 0 Å². The summed E-state index contributed by atoms with van der Waals surface area (Å²) in [6, 6.07) is 1.67. The molecule has 0 aliphatic heterocycles. The highest BCUT2D eigenvalue weighted by Gasteiger charge is 2.14. The molecule has 0 saturated heterocycles. The number of carboxylic acid groups (broad SMARTS) is 1. The largest absolute Gasteiger partial charge is 0.480 e. The Balaban J connectivity index is 2.52. The Hall–Kier alpha value is -0.870. The summed E-state index contributed by atoms with van der Waals surface area (Å²) >= 11 is 1.68. The van der Waals surface area contributed by atoms with Gasteiger partial charge < -0.3 is 5.11 Å². The van der Waals surface area contributed by atoms with Crippen LogP contribution in [0.4, 0.5) is 0 Å². The van der Waals surface area contributed by atoms with Crippen LogP contribution in [0.25, 0.3) is 0 Å². The lowest BCUT2D eigenvalue weighted by Crippen LogP contribution is -2.35. The first-order chi connectivity index (χ1) is 7.19. The molecule has 0 spiro atoms. The number of carbonyl (C=O) groups is 1. The van der Waals surface area contributed by atoms with Crippen LogP contribution in [0.5, 0.6) is 0 Å². The highest BCUT2D eigenvalue weighted by Crippen LogP contribution is 2.17. The molecular formula is C11H17NO2S. The fourth-order valence-electron chi connectivity index (χ4n) is 1.46. The Morgan fingerprint density at radius 1 is 1.60 bits per heavy atom. The molecule has 1 rings (SSSR count). The van der Waals surface area contributed by atoms with Gasteiger partial charge in [-0.25, -0.2) is 0 Å². The third-order valence-electron chi connectivity index (χ3n) is 2.43. The van der Waals surface area contributed by atoms with Crippen molar-refractivity contribution < 1.29 is 9.90 Å². The molecule has 0 aliphatic carbocycles. The maximum Gasteiger partial charge on any atom is 0.320 e. The zero-order chi connectivity index (χ0) is 11.3. The maximum atomic E-state index is 10.8. The summed E-state index contributed by atoms with van der Waals surface area (Å²) in [6.45, 7) is 4.65. The number of nitrogens with one attached hydrogen (secondary N) is 1. The second kappa shape index (κ2) is 5.88. The lowest BCUT2D eigenvalue weighted by Gasteiger charge is -2.11. The minimum atomic E-state index is -0.771. The molecule has 0 bridgehead atoms. The summed E-state index contributed by atoms with van der Waals surface area (Å²) in [5, 5.41) is 14.0. The van der Waals surface area contributed by atoms with Crippen molar-refractivity contribution in [2.75, 3.05) is 0 Å². The second-order valence-electron chi connectivity index (χ2n) is 3.40. The van der Waals surface area contributed by atoms with Crippen molar-refractivity contribution in [3.05, 3.63) is 21.9 Å². The summed E-state index contributed by atoms with van der Waals surface area (Å²) in [5.74, 6) is -0.771. The Morgan fingerprint density at radius 3 is 2.87 bits per heavy atom. The fourth-order valence-corrected chi connectivity index (χ4v) is 2.39. The third kappa shape index (κ3) is 3.32. The van der Waals surface area contributed by atoms with E-state index in [4.69, 9.17) is 5.11 Å². The Kier molecular flexibility index (Phi) is 4.78. The number of aliphatic carboxylic acids is 1. The molecule has 1 aromatic rings. The van der Waals surface area contributed by atoms with E-state index in [9.17, 15) is 4.79 Å². The predicted molar refractivity (Wildman–Crippen MR) is 62.3 cm³/mol. The number of carboxylic acids is 1. The van der Waals surface area contributed by atoms with Gasteiger partial charge in [0.15, 0.2) is 0 Å². The Labute approximate surface area is 94.1 Å². The van der Waals surface area contributed by atoms with E-state index < -0.39 is 12.0 Å². The van der Waals surface area contributed by atoms with Crippen LogP contribution in [-0.4, -0.2) is 17.1 Å². The van der Waals surface area contributed by atoms with Gasteiger partial charge in [-0.2, -0.15) is 0 Å². The van der Waals surface area contributed by atoms with Gasteiger partial charge in [0, 0.05) is 11.4 Å². The van der Waals surface area contributed by atoms with E-state index in [1.807, 2.05) is 6.92 Å². The maximum absolute atomic E-state index is 10.8. The highest BCUT2D eigenvalue weighted by atomic mass is 32.1. The van der Waals surface area contributed by atoms with Crippen LogP contribution >= 0.6 is 11.3 Å². The third-order valence-corrected chi connectivity index (χ3v) is 3.40. The molecule has 0 radical (unpaired) electrons. The first-order valence-electron chi connectivity index (χ1n) is 5.20. The van der Waals surface area contributed by atoms with Crippen molar-refractivity contribution in [3.63, 3.8) is 0 Å². The van der Waals surface area contributed by atoms with Crippen molar-refractivity contribution in [3.8, 4) is 0 Å². The summed E-state index contributed by atoms with van der Waals surface area (Å²) in [5.41, 5.74) is 1.31. The van der Waals surface area contributed by atoms with Gasteiger partial charge in [0.25, 0.3) is 0 Å². The molecule has 3 nitrogen and oxygen atoms in total. The molecule has 1 heterocycles. The summed E-state index contributed by atoms with van der Waals surface area (Å²) in [4.78, 5) is 12.0. The lowest BCUT2D eigenvalue weighted by atomic mass is 10.2. The molecule has 0 saturated carbocycles. The molecule has 0 aromatic carbocycles. The van der Waals surface area contributed by atoms with Gasteiger partial charge in [-0.05, 0) is 29.9 Å². The molecule has 0 amide bonds. The van der Waals surface area contributed by atoms with Gasteiger partial charge in [0.2, 0.25) is 0 Å². The predicted octanol–water partition coefficient (Wildman–Crippen LogP) is 2.26. The lowest BCUT2D eigenvalue weighted by molar-refractivity contribution is -0.139. The van der Waals surface area contributed by atoms with E-state index in [1.165, 1.54) is 10.4 Å². The smallest absolute Gasteiger partial charge is 0.320 e. The summed E-state index contributed by atoms with van der Waals surface area (Å²) < 4.78 is 0. The molecule has 0 fully saturated rings. The van der Waals surface area contributed by atoms with Crippen LogP contribution < -0.4 is 5.32 Å². The van der Waals surface area contributed by atoms with E-state index in [0.29, 0.717) is 13.0 Å². The van der Waals surface area contributed by atoms with E-state index in [1.54, 1.807) is 11.3 Å². The standard InChI is InChI=1S/C11H17NO2S/c1-3-8-5-6-15-10(8)7-12-9(4-2)11(13)14/h5-6,9,12H,3-4,7H2,1-2H3,(H,13,14). The average molecular weight is 227 g/mol. The molecule has 1 unspecified atom stereocenters. The molecule has 1 aromatic heterocycles. The number of thiophene rings is 1. The zero-order valence-corrected chi connectivity index (χ0v) is 9.93. The van der Waals surface area contributed by atoms with Gasteiger partial charge in [0.05, 0.1) is 0 Å². The normalized spacial score (nSPS) is 12.7. The van der Waals surface area contributed by atoms with Crippen LogP contribution in [-0.2, 0) is 17.8 Å². The monoisotopic (exact) mass is 227 g/mol. The van der Waals surface area contributed by atoms with Gasteiger partial charge in [-0.1, -0.05) is 13.8 Å². The molecule has 15 heavy (non-hydrogen) atoms. The van der Waals surface area contributed by atoms with E-state index >= 15 is 0 Å². The highest BCUT2D eigenvalue weighted by molar-refractivity contribution is 7.10. The summed E-state index contributed by atoms with van der Waals surface area (Å²) in [7, 11) is 0. The van der Waals surface area contributed by atoms with Crippen molar-refractivity contribution in [1.29, 1.82) is 0 Å². The Morgan fingerprint density at radius 2 is 2.33 bits per heavy atom. The number of hydrogen-bond acceptors (Lipinski definition) is 3. The second-order valence-corrected chi connectivity index (χ2v) is 4.40. The molecule has 84 valence electrons. The van der Waals surface area contributed by atoms with E-state index in [0.717, 1.165) is 6.42 Å². The molecule has 2 N–H and O–H groups in total. The fraction of sp³-hybridized carbons (Fsp3) is 0.545. The Bertz CT molecular complexity index is 322. The minimum Gasteiger partial charge on any atom is -0.480 e. The van der Waals surface area contributed by atoms with Crippen molar-refractivity contribution in [1.82, 2.24) is 5.32 Å². The topological polar surface area (TPSA) is 49.3 Å². The number of aryl methyl sites for hydroxylation is 1. The molecular weight excluding hydrogens is 210 g/mol. The zero-order valence-electron chi connectivity index (χ0n) is 9.12. The van der Waals surface area contributed by atoms with Crippen LogP contribution in [0.3, 0.4) is 0 Å². The first kappa shape index (κ1) is 12.2. The van der Waals surface area contributed by atoms with Gasteiger partial charge in [0.1, 0.15) is 6.04 Å².